The molecule has 106 valence electrons. The van der Waals surface area contributed by atoms with E-state index in [1.807, 2.05) is 30.5 Å². The van der Waals surface area contributed by atoms with Gasteiger partial charge in [0, 0.05) is 23.0 Å². The zero-order valence-electron chi connectivity index (χ0n) is 11.4. The molecule has 0 saturated heterocycles. The number of hydrogen-bond acceptors (Lipinski definition) is 4. The average Bonchev–Trinajstić information content (AvgIpc) is 2.87. The van der Waals surface area contributed by atoms with E-state index in [1.165, 1.54) is 17.4 Å². The maximum absolute atomic E-state index is 12.1. The molecule has 2 heterocycles. The smallest absolute Gasteiger partial charge is 0.246 e. The molecule has 0 bridgehead atoms. The van der Waals surface area contributed by atoms with E-state index < -0.39 is 0 Å². The Kier molecular flexibility index (Phi) is 3.53. The third kappa shape index (κ3) is 2.85. The van der Waals surface area contributed by atoms with E-state index in [1.54, 1.807) is 16.8 Å². The number of para-hydroxylation sites is 1. The van der Waals surface area contributed by atoms with Gasteiger partial charge >= 0.3 is 0 Å². The normalized spacial score (nSPS) is 10.7. The topological polar surface area (TPSA) is 64.0 Å². The van der Waals surface area contributed by atoms with Crippen molar-refractivity contribution < 1.29 is 4.79 Å². The fourth-order valence-corrected chi connectivity index (χ4v) is 2.83. The maximum Gasteiger partial charge on any atom is 0.246 e. The Labute approximate surface area is 124 Å². The molecule has 3 rings (SSSR count). The van der Waals surface area contributed by atoms with Crippen LogP contribution in [0.1, 0.15) is 5.69 Å². The van der Waals surface area contributed by atoms with Gasteiger partial charge in [0.05, 0.1) is 11.2 Å². The Morgan fingerprint density at radius 2 is 2.14 bits per heavy atom. The van der Waals surface area contributed by atoms with Gasteiger partial charge in [-0.3, -0.25) is 9.59 Å². The lowest BCUT2D eigenvalue weighted by atomic mass is 10.2. The lowest BCUT2D eigenvalue weighted by Gasteiger charge is -2.09. The SMILES string of the molecule is Cc1csc(NC(=O)Cn2ccc(=O)c3ccccc32)n1. The van der Waals surface area contributed by atoms with Crippen LogP contribution >= 0.6 is 11.3 Å². The first-order valence-electron chi connectivity index (χ1n) is 6.43. The van der Waals surface area contributed by atoms with Crippen LogP contribution in [0.4, 0.5) is 5.13 Å². The number of carbonyl (C=O) groups excluding carboxylic acids is 1. The third-order valence-electron chi connectivity index (χ3n) is 3.06. The standard InChI is InChI=1S/C15H13N3O2S/c1-10-9-21-15(16-10)17-14(20)8-18-7-6-13(19)11-4-2-3-5-12(11)18/h2-7,9H,8H2,1H3,(H,16,17,20). The van der Waals surface area contributed by atoms with Gasteiger partial charge in [0.25, 0.3) is 0 Å². The van der Waals surface area contributed by atoms with Gasteiger partial charge in [0.15, 0.2) is 10.6 Å². The predicted octanol–water partition coefficient (Wildman–Crippen LogP) is 2.41. The van der Waals surface area contributed by atoms with Crippen LogP contribution in [0, 0.1) is 6.92 Å². The first-order chi connectivity index (χ1) is 10.1. The number of nitrogens with one attached hydrogen (secondary N) is 1. The molecule has 0 aliphatic heterocycles. The summed E-state index contributed by atoms with van der Waals surface area (Å²) in [5, 5.41) is 5.83. The van der Waals surface area contributed by atoms with Gasteiger partial charge in [-0.2, -0.15) is 0 Å². The predicted molar refractivity (Wildman–Crippen MR) is 83.7 cm³/mol. The molecule has 0 saturated carbocycles. The second-order valence-electron chi connectivity index (χ2n) is 4.67. The molecule has 2 aromatic heterocycles. The fraction of sp³-hybridized carbons (Fsp3) is 0.133. The molecule has 1 aromatic carbocycles. The minimum absolute atomic E-state index is 0.0437. The zero-order chi connectivity index (χ0) is 14.8. The van der Waals surface area contributed by atoms with Gasteiger partial charge in [-0.25, -0.2) is 4.98 Å². The molecular formula is C15H13N3O2S. The third-order valence-corrected chi connectivity index (χ3v) is 3.94. The Bertz CT molecular complexity index is 866. The number of rotatable bonds is 3. The van der Waals surface area contributed by atoms with Gasteiger partial charge in [0.2, 0.25) is 5.91 Å². The van der Waals surface area contributed by atoms with E-state index in [4.69, 9.17) is 0 Å². The number of carbonyl (C=O) groups is 1. The molecule has 0 spiro atoms. The van der Waals surface area contributed by atoms with E-state index in [-0.39, 0.29) is 17.9 Å². The second kappa shape index (κ2) is 5.49. The Morgan fingerprint density at radius 3 is 2.90 bits per heavy atom. The monoisotopic (exact) mass is 299 g/mol. The fourth-order valence-electron chi connectivity index (χ4n) is 2.12. The number of hydrogen-bond donors (Lipinski definition) is 1. The number of pyridine rings is 1. The van der Waals surface area contributed by atoms with Gasteiger partial charge in [-0.05, 0) is 19.1 Å². The summed E-state index contributed by atoms with van der Waals surface area (Å²) < 4.78 is 1.76. The molecule has 6 heteroatoms. The minimum Gasteiger partial charge on any atom is -0.338 e. The van der Waals surface area contributed by atoms with Crippen LogP contribution in [-0.2, 0) is 11.3 Å². The minimum atomic E-state index is -0.168. The molecule has 1 N–H and O–H groups in total. The largest absolute Gasteiger partial charge is 0.338 e. The number of benzene rings is 1. The van der Waals surface area contributed by atoms with Crippen molar-refractivity contribution in [2.45, 2.75) is 13.5 Å². The highest BCUT2D eigenvalue weighted by atomic mass is 32.1. The van der Waals surface area contributed by atoms with Crippen molar-refractivity contribution in [3.8, 4) is 0 Å². The molecule has 0 fully saturated rings. The van der Waals surface area contributed by atoms with E-state index >= 15 is 0 Å². The quantitative estimate of drug-likeness (QED) is 0.807. The number of aromatic nitrogens is 2. The lowest BCUT2D eigenvalue weighted by Crippen LogP contribution is -2.20. The van der Waals surface area contributed by atoms with Crippen LogP contribution in [0.15, 0.2) is 46.7 Å². The summed E-state index contributed by atoms with van der Waals surface area (Å²) in [6, 6.07) is 8.73. The van der Waals surface area contributed by atoms with Crippen LogP contribution in [0.5, 0.6) is 0 Å². The molecule has 5 nitrogen and oxygen atoms in total. The van der Waals surface area contributed by atoms with Crippen molar-refractivity contribution in [2.24, 2.45) is 0 Å². The highest BCUT2D eigenvalue weighted by Crippen LogP contribution is 2.15. The van der Waals surface area contributed by atoms with Crippen molar-refractivity contribution in [3.63, 3.8) is 0 Å². The Morgan fingerprint density at radius 1 is 1.33 bits per heavy atom. The van der Waals surface area contributed by atoms with Crippen molar-refractivity contribution in [1.82, 2.24) is 9.55 Å². The molecule has 0 radical (unpaired) electrons. The van der Waals surface area contributed by atoms with Gasteiger partial charge < -0.3 is 9.88 Å². The van der Waals surface area contributed by atoms with Crippen molar-refractivity contribution in [2.75, 3.05) is 5.32 Å². The van der Waals surface area contributed by atoms with E-state index in [0.29, 0.717) is 10.5 Å². The van der Waals surface area contributed by atoms with Crippen LogP contribution in [0.2, 0.25) is 0 Å². The summed E-state index contributed by atoms with van der Waals surface area (Å²) in [7, 11) is 0. The molecular weight excluding hydrogens is 286 g/mol. The second-order valence-corrected chi connectivity index (χ2v) is 5.53. The van der Waals surface area contributed by atoms with E-state index in [9.17, 15) is 9.59 Å². The number of thiazole rings is 1. The van der Waals surface area contributed by atoms with Crippen LogP contribution in [-0.4, -0.2) is 15.5 Å². The zero-order valence-corrected chi connectivity index (χ0v) is 12.2. The summed E-state index contributed by atoms with van der Waals surface area (Å²) in [6.45, 7) is 2.01. The first kappa shape index (κ1) is 13.5. The summed E-state index contributed by atoms with van der Waals surface area (Å²) in [4.78, 5) is 28.1. The van der Waals surface area contributed by atoms with Gasteiger partial charge in [-0.15, -0.1) is 11.3 Å². The van der Waals surface area contributed by atoms with Crippen LogP contribution in [0.3, 0.4) is 0 Å². The number of amides is 1. The molecule has 0 unspecified atom stereocenters. The number of aryl methyl sites for hydroxylation is 1. The highest BCUT2D eigenvalue weighted by Gasteiger charge is 2.08. The average molecular weight is 299 g/mol. The van der Waals surface area contributed by atoms with Crippen molar-refractivity contribution in [3.05, 3.63) is 57.8 Å². The summed E-state index contributed by atoms with van der Waals surface area (Å²) in [5.74, 6) is -0.168. The Hall–Kier alpha value is -2.47. The Balaban J connectivity index is 1.86. The van der Waals surface area contributed by atoms with E-state index in [0.717, 1.165) is 11.2 Å². The molecule has 21 heavy (non-hydrogen) atoms. The molecule has 3 aromatic rings. The number of fused-ring (bicyclic) bond motifs is 1. The summed E-state index contributed by atoms with van der Waals surface area (Å²) in [6.07, 6.45) is 1.64. The molecule has 0 aliphatic rings. The summed E-state index contributed by atoms with van der Waals surface area (Å²) in [5.41, 5.74) is 1.58. The number of anilines is 1. The lowest BCUT2D eigenvalue weighted by molar-refractivity contribution is -0.116. The van der Waals surface area contributed by atoms with Crippen LogP contribution in [0.25, 0.3) is 10.9 Å². The van der Waals surface area contributed by atoms with Gasteiger partial charge in [-0.1, -0.05) is 12.1 Å². The molecule has 1 amide bonds. The van der Waals surface area contributed by atoms with Crippen LogP contribution < -0.4 is 10.7 Å². The van der Waals surface area contributed by atoms with E-state index in [2.05, 4.69) is 10.3 Å². The van der Waals surface area contributed by atoms with Gasteiger partial charge in [0.1, 0.15) is 6.54 Å². The van der Waals surface area contributed by atoms with Crippen molar-refractivity contribution in [1.29, 1.82) is 0 Å². The molecule has 0 aliphatic carbocycles. The summed E-state index contributed by atoms with van der Waals surface area (Å²) >= 11 is 1.39. The number of nitrogens with zero attached hydrogens (tertiary/aromatic N) is 2. The maximum atomic E-state index is 12.1. The highest BCUT2D eigenvalue weighted by molar-refractivity contribution is 7.13. The van der Waals surface area contributed by atoms with Crippen molar-refractivity contribution >= 4 is 33.3 Å². The molecule has 0 atom stereocenters. The first-order valence-corrected chi connectivity index (χ1v) is 7.31.